The van der Waals surface area contributed by atoms with Crippen molar-refractivity contribution in [2.45, 2.75) is 39.5 Å². The molecule has 0 aromatic carbocycles. The average Bonchev–Trinajstić information content (AvgIpc) is 3.31. The van der Waals surface area contributed by atoms with Crippen molar-refractivity contribution >= 4 is 11.5 Å². The number of nitrogens with zero attached hydrogens (tertiary/aromatic N) is 1. The minimum Gasteiger partial charge on any atom is -0.476 e. The number of hydrogen-bond donors (Lipinski definition) is 2. The molecule has 2 aliphatic rings. The van der Waals surface area contributed by atoms with E-state index >= 15 is 0 Å². The molecule has 0 unspecified atom stereocenters. The Bertz CT molecular complexity index is 479. The fraction of sp³-hybridized carbons (Fsp3) is 0.688. The Balaban J connectivity index is 1.59. The Labute approximate surface area is 121 Å². The second-order valence-electron chi connectivity index (χ2n) is 6.72. The first-order chi connectivity index (χ1) is 9.59. The summed E-state index contributed by atoms with van der Waals surface area (Å²) in [5, 5.41) is 3.45. The predicted molar refractivity (Wildman–Crippen MR) is 81.9 cm³/mol. The summed E-state index contributed by atoms with van der Waals surface area (Å²) in [7, 11) is 0. The third-order valence-corrected chi connectivity index (χ3v) is 4.78. The lowest BCUT2D eigenvalue weighted by Gasteiger charge is -2.20. The Hall–Kier alpha value is -1.45. The zero-order chi connectivity index (χ0) is 14.2. The number of nitrogens with two attached hydrogens (primary N) is 1. The standard InChI is InChI=1S/C16H25N3O/c1-11(2)16(7-8-16)10-18-14-6-5-13(17)15(19-14)20-9-12-3-4-12/h5-6,11-12H,3-4,7-10,17H2,1-2H3,(H,18,19). The van der Waals surface area contributed by atoms with Gasteiger partial charge in [-0.2, -0.15) is 4.98 Å². The fourth-order valence-corrected chi connectivity index (χ4v) is 2.53. The van der Waals surface area contributed by atoms with E-state index in [1.807, 2.05) is 12.1 Å². The number of rotatable bonds is 7. The van der Waals surface area contributed by atoms with Crippen LogP contribution < -0.4 is 15.8 Å². The summed E-state index contributed by atoms with van der Waals surface area (Å²) in [4.78, 5) is 4.50. The van der Waals surface area contributed by atoms with Gasteiger partial charge in [0.05, 0.1) is 12.3 Å². The molecular formula is C16H25N3O. The van der Waals surface area contributed by atoms with Crippen molar-refractivity contribution in [1.82, 2.24) is 4.98 Å². The number of anilines is 2. The maximum Gasteiger partial charge on any atom is 0.239 e. The molecular weight excluding hydrogens is 250 g/mol. The maximum atomic E-state index is 5.92. The lowest BCUT2D eigenvalue weighted by atomic mass is 9.92. The zero-order valence-corrected chi connectivity index (χ0v) is 12.5. The highest BCUT2D eigenvalue weighted by Crippen LogP contribution is 2.51. The van der Waals surface area contributed by atoms with E-state index in [0.717, 1.165) is 24.9 Å². The van der Waals surface area contributed by atoms with Crippen molar-refractivity contribution in [3.05, 3.63) is 12.1 Å². The molecule has 0 amide bonds. The van der Waals surface area contributed by atoms with Gasteiger partial charge in [-0.1, -0.05) is 13.8 Å². The van der Waals surface area contributed by atoms with Crippen LogP contribution in [0.15, 0.2) is 12.1 Å². The molecule has 0 radical (unpaired) electrons. The molecule has 0 aliphatic heterocycles. The summed E-state index contributed by atoms with van der Waals surface area (Å²) in [6.07, 6.45) is 5.18. The smallest absolute Gasteiger partial charge is 0.239 e. The molecule has 2 saturated carbocycles. The molecule has 1 aromatic heterocycles. The highest BCUT2D eigenvalue weighted by Gasteiger charge is 2.44. The number of aromatic nitrogens is 1. The number of hydrogen-bond acceptors (Lipinski definition) is 4. The first kappa shape index (κ1) is 13.5. The monoisotopic (exact) mass is 275 g/mol. The average molecular weight is 275 g/mol. The quantitative estimate of drug-likeness (QED) is 0.801. The van der Waals surface area contributed by atoms with Crippen LogP contribution >= 0.6 is 0 Å². The molecule has 3 N–H and O–H groups in total. The first-order valence-electron chi connectivity index (χ1n) is 7.72. The molecule has 0 saturated heterocycles. The van der Waals surface area contributed by atoms with Crippen LogP contribution in [0.25, 0.3) is 0 Å². The normalized spacial score (nSPS) is 19.9. The first-order valence-corrected chi connectivity index (χ1v) is 7.72. The highest BCUT2D eigenvalue weighted by molar-refractivity contribution is 5.53. The van der Waals surface area contributed by atoms with Crippen LogP contribution in [0, 0.1) is 17.3 Å². The van der Waals surface area contributed by atoms with Gasteiger partial charge in [0.15, 0.2) is 0 Å². The Morgan fingerprint density at radius 2 is 2.15 bits per heavy atom. The maximum absolute atomic E-state index is 5.92. The Kier molecular flexibility index (Phi) is 3.48. The SMILES string of the molecule is CC(C)C1(CNc2ccc(N)c(OCC3CC3)n2)CC1. The lowest BCUT2D eigenvalue weighted by molar-refractivity contribution is 0.290. The number of ether oxygens (including phenoxy) is 1. The zero-order valence-electron chi connectivity index (χ0n) is 12.5. The minimum atomic E-state index is 0.470. The van der Waals surface area contributed by atoms with E-state index in [1.54, 1.807) is 0 Å². The van der Waals surface area contributed by atoms with Gasteiger partial charge in [0.1, 0.15) is 5.82 Å². The van der Waals surface area contributed by atoms with Gasteiger partial charge in [0.2, 0.25) is 5.88 Å². The van der Waals surface area contributed by atoms with E-state index < -0.39 is 0 Å². The van der Waals surface area contributed by atoms with Crippen LogP contribution in [0.3, 0.4) is 0 Å². The van der Waals surface area contributed by atoms with Gasteiger partial charge in [0, 0.05) is 6.54 Å². The van der Waals surface area contributed by atoms with E-state index in [1.165, 1.54) is 25.7 Å². The van der Waals surface area contributed by atoms with Gasteiger partial charge >= 0.3 is 0 Å². The molecule has 0 spiro atoms. The largest absolute Gasteiger partial charge is 0.476 e. The topological polar surface area (TPSA) is 60.2 Å². The molecule has 2 aliphatic carbocycles. The summed E-state index contributed by atoms with van der Waals surface area (Å²) in [6.45, 7) is 6.34. The van der Waals surface area contributed by atoms with E-state index in [9.17, 15) is 0 Å². The van der Waals surface area contributed by atoms with Crippen LogP contribution in [0.2, 0.25) is 0 Å². The van der Waals surface area contributed by atoms with E-state index in [4.69, 9.17) is 10.5 Å². The summed E-state index contributed by atoms with van der Waals surface area (Å²) < 4.78 is 5.72. The molecule has 20 heavy (non-hydrogen) atoms. The molecule has 1 aromatic rings. The molecule has 4 heteroatoms. The summed E-state index contributed by atoms with van der Waals surface area (Å²) in [5.74, 6) is 2.88. The lowest BCUT2D eigenvalue weighted by Crippen LogP contribution is -2.21. The Morgan fingerprint density at radius 1 is 1.40 bits per heavy atom. The van der Waals surface area contributed by atoms with Crippen molar-refractivity contribution in [2.75, 3.05) is 24.2 Å². The third kappa shape index (κ3) is 3.00. The van der Waals surface area contributed by atoms with Gasteiger partial charge in [0.25, 0.3) is 0 Å². The van der Waals surface area contributed by atoms with Crippen molar-refractivity contribution in [2.24, 2.45) is 17.3 Å². The molecule has 1 heterocycles. The van der Waals surface area contributed by atoms with Crippen molar-refractivity contribution in [1.29, 1.82) is 0 Å². The summed E-state index contributed by atoms with van der Waals surface area (Å²) >= 11 is 0. The van der Waals surface area contributed by atoms with Crippen molar-refractivity contribution < 1.29 is 4.74 Å². The summed E-state index contributed by atoms with van der Waals surface area (Å²) in [6, 6.07) is 3.82. The molecule has 110 valence electrons. The van der Waals surface area contributed by atoms with Crippen LogP contribution in [0.5, 0.6) is 5.88 Å². The second-order valence-corrected chi connectivity index (χ2v) is 6.72. The second kappa shape index (κ2) is 5.15. The van der Waals surface area contributed by atoms with Crippen LogP contribution in [-0.2, 0) is 0 Å². The molecule has 0 bridgehead atoms. The summed E-state index contributed by atoms with van der Waals surface area (Å²) in [5.41, 5.74) is 7.02. The van der Waals surface area contributed by atoms with E-state index in [0.29, 0.717) is 22.9 Å². The Morgan fingerprint density at radius 3 is 2.75 bits per heavy atom. The van der Waals surface area contributed by atoms with E-state index in [-0.39, 0.29) is 0 Å². The number of nitrogens with one attached hydrogen (secondary N) is 1. The number of nitrogen functional groups attached to an aromatic ring is 1. The molecule has 3 rings (SSSR count). The van der Waals surface area contributed by atoms with Gasteiger partial charge < -0.3 is 15.8 Å². The van der Waals surface area contributed by atoms with Crippen molar-refractivity contribution in [3.8, 4) is 5.88 Å². The fourth-order valence-electron chi connectivity index (χ4n) is 2.53. The van der Waals surface area contributed by atoms with Crippen LogP contribution in [-0.4, -0.2) is 18.1 Å². The van der Waals surface area contributed by atoms with Crippen LogP contribution in [0.4, 0.5) is 11.5 Å². The number of pyridine rings is 1. The molecule has 4 nitrogen and oxygen atoms in total. The van der Waals surface area contributed by atoms with Gasteiger partial charge in [-0.25, -0.2) is 0 Å². The van der Waals surface area contributed by atoms with Crippen LogP contribution in [0.1, 0.15) is 39.5 Å². The molecule has 0 atom stereocenters. The van der Waals surface area contributed by atoms with Crippen molar-refractivity contribution in [3.63, 3.8) is 0 Å². The minimum absolute atomic E-state index is 0.470. The third-order valence-electron chi connectivity index (χ3n) is 4.78. The highest BCUT2D eigenvalue weighted by atomic mass is 16.5. The van der Waals surface area contributed by atoms with Gasteiger partial charge in [-0.3, -0.25) is 0 Å². The molecule has 2 fully saturated rings. The van der Waals surface area contributed by atoms with Gasteiger partial charge in [-0.15, -0.1) is 0 Å². The van der Waals surface area contributed by atoms with Gasteiger partial charge in [-0.05, 0) is 55.1 Å². The van der Waals surface area contributed by atoms with E-state index in [2.05, 4.69) is 24.1 Å². The predicted octanol–water partition coefficient (Wildman–Crippen LogP) is 3.30.